The van der Waals surface area contributed by atoms with Gasteiger partial charge in [0.05, 0.1) is 11.4 Å². The maximum Gasteiger partial charge on any atom is 0.356 e. The largest absolute Gasteiger partial charge is 0.476 e. The van der Waals surface area contributed by atoms with E-state index in [1.165, 1.54) is 8.99 Å². The van der Waals surface area contributed by atoms with Crippen molar-refractivity contribution in [3.05, 3.63) is 28.3 Å². The van der Waals surface area contributed by atoms with Gasteiger partial charge in [-0.3, -0.25) is 9.78 Å². The normalized spacial score (nSPS) is 15.6. The minimum atomic E-state index is -3.75. The fraction of sp³-hybridized carbons (Fsp3) is 0.462. The van der Waals surface area contributed by atoms with Crippen LogP contribution in [0.4, 0.5) is 0 Å². The Morgan fingerprint density at radius 2 is 2.04 bits per heavy atom. The monoisotopic (exact) mass is 339 g/mol. The highest BCUT2D eigenvalue weighted by molar-refractivity contribution is 7.89. The number of hydrogen-bond donors (Lipinski definition) is 2. The number of nitrogens with one attached hydrogen (secondary N) is 1. The third kappa shape index (κ3) is 2.34. The van der Waals surface area contributed by atoms with E-state index in [0.717, 1.165) is 5.69 Å². The number of nitrogens with zero attached hydrogens (tertiary/aromatic N) is 4. The summed E-state index contributed by atoms with van der Waals surface area (Å²) in [7, 11) is -2.08. The Bertz CT molecular complexity index is 876. The molecule has 2 aromatic heterocycles. The minimum Gasteiger partial charge on any atom is -0.476 e. The Morgan fingerprint density at radius 1 is 1.35 bits per heavy atom. The Hall–Kier alpha value is -2.20. The van der Waals surface area contributed by atoms with Crippen LogP contribution in [0.1, 0.15) is 33.1 Å². The van der Waals surface area contributed by atoms with Crippen LogP contribution in [0, 0.1) is 13.8 Å². The van der Waals surface area contributed by atoms with Crippen LogP contribution in [0.3, 0.4) is 0 Å². The van der Waals surface area contributed by atoms with E-state index in [1.54, 1.807) is 20.9 Å². The Morgan fingerprint density at radius 3 is 2.61 bits per heavy atom. The van der Waals surface area contributed by atoms with Crippen molar-refractivity contribution in [2.24, 2.45) is 7.05 Å². The van der Waals surface area contributed by atoms with Crippen LogP contribution in [0.15, 0.2) is 4.90 Å². The molecule has 23 heavy (non-hydrogen) atoms. The van der Waals surface area contributed by atoms with Gasteiger partial charge in [0.15, 0.2) is 5.69 Å². The minimum absolute atomic E-state index is 0.00278. The molecule has 0 fully saturated rings. The molecule has 1 aliphatic rings. The molecule has 0 amide bonds. The lowest BCUT2D eigenvalue weighted by atomic mass is 10.1. The number of sulfonamides is 1. The van der Waals surface area contributed by atoms with Gasteiger partial charge in [-0.1, -0.05) is 0 Å². The molecule has 0 spiro atoms. The molecule has 9 nitrogen and oxygen atoms in total. The molecular weight excluding hydrogens is 322 g/mol. The maximum absolute atomic E-state index is 12.9. The summed E-state index contributed by atoms with van der Waals surface area (Å²) in [4.78, 5) is 11.5. The molecule has 0 saturated carbocycles. The number of H-pyrrole nitrogens is 1. The molecule has 2 N–H and O–H groups in total. The molecule has 0 radical (unpaired) electrons. The summed E-state index contributed by atoms with van der Waals surface area (Å²) in [6.07, 6.45) is 0.418. The predicted molar refractivity (Wildman–Crippen MR) is 79.5 cm³/mol. The number of rotatable bonds is 3. The third-order valence-electron chi connectivity index (χ3n) is 4.07. The Labute approximate surface area is 133 Å². The first-order valence-electron chi connectivity index (χ1n) is 7.03. The first-order chi connectivity index (χ1) is 10.7. The first kappa shape index (κ1) is 15.7. The highest BCUT2D eigenvalue weighted by Crippen LogP contribution is 2.29. The number of carbonyl (C=O) groups is 1. The second-order valence-corrected chi connectivity index (χ2v) is 7.43. The van der Waals surface area contributed by atoms with Gasteiger partial charge in [-0.05, 0) is 13.8 Å². The summed E-state index contributed by atoms with van der Waals surface area (Å²) in [6.45, 7) is 3.54. The van der Waals surface area contributed by atoms with Crippen LogP contribution in [0.5, 0.6) is 0 Å². The number of hydrogen-bond acceptors (Lipinski definition) is 5. The quantitative estimate of drug-likeness (QED) is 0.824. The summed E-state index contributed by atoms with van der Waals surface area (Å²) in [6, 6.07) is 0. The van der Waals surface area contributed by atoms with E-state index in [-0.39, 0.29) is 23.7 Å². The van der Waals surface area contributed by atoms with Gasteiger partial charge in [0, 0.05) is 37.8 Å². The lowest BCUT2D eigenvalue weighted by molar-refractivity contribution is 0.0687. The van der Waals surface area contributed by atoms with Crippen molar-refractivity contribution in [2.45, 2.75) is 31.7 Å². The molecule has 3 rings (SSSR count). The molecular formula is C13H17N5O4S. The summed E-state index contributed by atoms with van der Waals surface area (Å²) in [5.41, 5.74) is 1.99. The fourth-order valence-electron chi connectivity index (χ4n) is 2.99. The molecule has 3 heterocycles. The number of aromatic amines is 1. The molecule has 0 unspecified atom stereocenters. The fourth-order valence-corrected chi connectivity index (χ4v) is 4.73. The number of fused-ring (bicyclic) bond motifs is 1. The van der Waals surface area contributed by atoms with Crippen molar-refractivity contribution >= 4 is 16.0 Å². The van der Waals surface area contributed by atoms with Crippen molar-refractivity contribution in [1.82, 2.24) is 24.3 Å². The van der Waals surface area contributed by atoms with Gasteiger partial charge in [0.1, 0.15) is 4.90 Å². The molecule has 0 bridgehead atoms. The zero-order valence-electron chi connectivity index (χ0n) is 13.0. The van der Waals surface area contributed by atoms with Crippen LogP contribution < -0.4 is 0 Å². The number of aryl methyl sites for hydroxylation is 3. The Balaban J connectivity index is 2.04. The maximum atomic E-state index is 12.9. The van der Waals surface area contributed by atoms with Gasteiger partial charge in [-0.25, -0.2) is 13.2 Å². The zero-order valence-corrected chi connectivity index (χ0v) is 13.8. The molecule has 124 valence electrons. The van der Waals surface area contributed by atoms with E-state index in [0.29, 0.717) is 23.4 Å². The van der Waals surface area contributed by atoms with E-state index in [2.05, 4.69) is 15.3 Å². The standard InChI is InChI=1S/C13H17N5O4S/c1-7-12(8(2)15-14-7)23(21,22)18-5-4-10-9(6-18)11(13(19)20)16-17(10)3/h4-6H2,1-3H3,(H,14,15)(H,19,20). The second-order valence-electron chi connectivity index (χ2n) is 5.55. The van der Waals surface area contributed by atoms with Crippen molar-refractivity contribution in [1.29, 1.82) is 0 Å². The van der Waals surface area contributed by atoms with Gasteiger partial charge in [0.25, 0.3) is 0 Å². The van der Waals surface area contributed by atoms with E-state index in [9.17, 15) is 18.3 Å². The van der Waals surface area contributed by atoms with Crippen molar-refractivity contribution < 1.29 is 18.3 Å². The molecule has 0 aliphatic carbocycles. The molecule has 1 aliphatic heterocycles. The topological polar surface area (TPSA) is 121 Å². The molecule has 2 aromatic rings. The van der Waals surface area contributed by atoms with E-state index in [4.69, 9.17) is 0 Å². The molecule has 0 atom stereocenters. The zero-order chi connectivity index (χ0) is 16.9. The first-order valence-corrected chi connectivity index (χ1v) is 8.47. The van der Waals surface area contributed by atoms with Crippen molar-refractivity contribution in [3.63, 3.8) is 0 Å². The summed E-state index contributed by atoms with van der Waals surface area (Å²) >= 11 is 0. The third-order valence-corrected chi connectivity index (χ3v) is 6.18. The lowest BCUT2D eigenvalue weighted by Gasteiger charge is -2.26. The molecule has 10 heteroatoms. The van der Waals surface area contributed by atoms with Crippen LogP contribution in [0.25, 0.3) is 0 Å². The van der Waals surface area contributed by atoms with Gasteiger partial charge in [-0.2, -0.15) is 14.5 Å². The molecule has 0 saturated heterocycles. The van der Waals surface area contributed by atoms with E-state index < -0.39 is 16.0 Å². The predicted octanol–water partition coefficient (Wildman–Crippen LogP) is 0.205. The average Bonchev–Trinajstić information content (AvgIpc) is 2.99. The highest BCUT2D eigenvalue weighted by Gasteiger charge is 2.35. The lowest BCUT2D eigenvalue weighted by Crippen LogP contribution is -2.37. The number of aromatic nitrogens is 4. The highest BCUT2D eigenvalue weighted by atomic mass is 32.2. The van der Waals surface area contributed by atoms with Gasteiger partial charge >= 0.3 is 5.97 Å². The summed E-state index contributed by atoms with van der Waals surface area (Å²) < 4.78 is 28.6. The average molecular weight is 339 g/mol. The Kier molecular flexibility index (Phi) is 3.52. The summed E-state index contributed by atoms with van der Waals surface area (Å²) in [5, 5.41) is 19.8. The van der Waals surface area contributed by atoms with Crippen LogP contribution in [-0.2, 0) is 30.0 Å². The van der Waals surface area contributed by atoms with E-state index in [1.807, 2.05) is 0 Å². The number of carboxylic acid groups (broad SMARTS) is 1. The van der Waals surface area contributed by atoms with E-state index >= 15 is 0 Å². The SMILES string of the molecule is Cc1n[nH]c(C)c1S(=O)(=O)N1CCc2c(c(C(=O)O)nn2C)C1. The van der Waals surface area contributed by atoms with Crippen molar-refractivity contribution in [3.8, 4) is 0 Å². The van der Waals surface area contributed by atoms with Gasteiger partial charge in [0.2, 0.25) is 10.0 Å². The van der Waals surface area contributed by atoms with Crippen LogP contribution in [0.2, 0.25) is 0 Å². The smallest absolute Gasteiger partial charge is 0.356 e. The van der Waals surface area contributed by atoms with Gasteiger partial charge < -0.3 is 5.11 Å². The number of aromatic carboxylic acids is 1. The second kappa shape index (κ2) is 5.17. The summed E-state index contributed by atoms with van der Waals surface area (Å²) in [5.74, 6) is -1.16. The molecule has 0 aromatic carbocycles. The number of carboxylic acids is 1. The van der Waals surface area contributed by atoms with Crippen molar-refractivity contribution in [2.75, 3.05) is 6.54 Å². The van der Waals surface area contributed by atoms with Crippen LogP contribution >= 0.6 is 0 Å². The van der Waals surface area contributed by atoms with Gasteiger partial charge in [-0.15, -0.1) is 0 Å². The van der Waals surface area contributed by atoms with Crippen LogP contribution in [-0.4, -0.2) is 50.3 Å².